The Labute approximate surface area is 146 Å². The third kappa shape index (κ3) is 3.25. The summed E-state index contributed by atoms with van der Waals surface area (Å²) >= 11 is 0. The molecule has 2 aromatic heterocycles. The van der Waals surface area contributed by atoms with Crippen LogP contribution in [0.2, 0.25) is 0 Å². The molecule has 25 heavy (non-hydrogen) atoms. The highest BCUT2D eigenvalue weighted by Crippen LogP contribution is 2.33. The zero-order valence-corrected chi connectivity index (χ0v) is 14.1. The monoisotopic (exact) mass is 336 g/mol. The van der Waals surface area contributed by atoms with E-state index in [0.29, 0.717) is 28.9 Å². The van der Waals surface area contributed by atoms with Gasteiger partial charge in [-0.3, -0.25) is 0 Å². The van der Waals surface area contributed by atoms with E-state index in [2.05, 4.69) is 27.4 Å². The number of hydrogen-bond donors (Lipinski definition) is 1. The molecule has 1 saturated heterocycles. The minimum atomic E-state index is -0.272. The molecule has 128 valence electrons. The summed E-state index contributed by atoms with van der Waals surface area (Å²) in [7, 11) is 0. The molecule has 4 rings (SSSR count). The smallest absolute Gasteiger partial charge is 0.246 e. The molecule has 6 heteroatoms. The Balaban J connectivity index is 1.64. The minimum Gasteiger partial charge on any atom is -0.438 e. The van der Waals surface area contributed by atoms with Crippen LogP contribution in [0.25, 0.3) is 11.4 Å². The lowest BCUT2D eigenvalue weighted by atomic mass is 9.91. The number of ether oxygens (including phenoxy) is 1. The van der Waals surface area contributed by atoms with E-state index in [1.54, 1.807) is 6.20 Å². The summed E-state index contributed by atoms with van der Waals surface area (Å²) in [6.07, 6.45) is 4.99. The lowest BCUT2D eigenvalue weighted by molar-refractivity contribution is 0.207. The number of rotatable bonds is 4. The Bertz CT molecular complexity index is 841. The van der Waals surface area contributed by atoms with Gasteiger partial charge in [0.1, 0.15) is 5.75 Å². The van der Waals surface area contributed by atoms with Gasteiger partial charge >= 0.3 is 0 Å². The molecule has 1 unspecified atom stereocenters. The van der Waals surface area contributed by atoms with Crippen molar-refractivity contribution < 1.29 is 9.26 Å². The molecule has 1 fully saturated rings. The first kappa shape index (κ1) is 15.8. The summed E-state index contributed by atoms with van der Waals surface area (Å²) in [4.78, 5) is 8.95. The van der Waals surface area contributed by atoms with Gasteiger partial charge in [0, 0.05) is 6.20 Å². The molecule has 6 nitrogen and oxygen atoms in total. The van der Waals surface area contributed by atoms with Gasteiger partial charge in [-0.2, -0.15) is 4.98 Å². The first-order chi connectivity index (χ1) is 12.2. The quantitative estimate of drug-likeness (QED) is 0.778. The van der Waals surface area contributed by atoms with Crippen LogP contribution in [0, 0.1) is 0 Å². The van der Waals surface area contributed by atoms with Gasteiger partial charge in [-0.05, 0) is 57.0 Å². The van der Waals surface area contributed by atoms with Crippen molar-refractivity contribution in [3.63, 3.8) is 0 Å². The van der Waals surface area contributed by atoms with Crippen LogP contribution in [0.3, 0.4) is 0 Å². The van der Waals surface area contributed by atoms with Crippen LogP contribution in [0.15, 0.2) is 53.2 Å². The Kier molecular flexibility index (Phi) is 4.19. The van der Waals surface area contributed by atoms with Crippen molar-refractivity contribution in [3.05, 3.63) is 54.6 Å². The number of aromatic nitrogens is 3. The molecule has 3 aromatic rings. The van der Waals surface area contributed by atoms with Crippen LogP contribution in [-0.4, -0.2) is 21.7 Å². The normalized spacial score (nSPS) is 20.4. The number of benzene rings is 1. The van der Waals surface area contributed by atoms with Crippen LogP contribution in [-0.2, 0) is 5.54 Å². The topological polar surface area (TPSA) is 73.1 Å². The molecule has 0 bridgehead atoms. The molecule has 0 spiro atoms. The molecule has 3 heterocycles. The van der Waals surface area contributed by atoms with E-state index in [0.717, 1.165) is 19.4 Å². The van der Waals surface area contributed by atoms with Gasteiger partial charge in [-0.15, -0.1) is 0 Å². The number of para-hydroxylation sites is 1. The third-order valence-electron chi connectivity index (χ3n) is 4.49. The Morgan fingerprint density at radius 1 is 1.12 bits per heavy atom. The van der Waals surface area contributed by atoms with Gasteiger partial charge in [0.2, 0.25) is 17.6 Å². The van der Waals surface area contributed by atoms with E-state index in [4.69, 9.17) is 9.26 Å². The number of nitrogens with one attached hydrogen (secondary N) is 1. The molecule has 1 aliphatic heterocycles. The predicted octanol–water partition coefficient (Wildman–Crippen LogP) is 3.91. The lowest BCUT2D eigenvalue weighted by Crippen LogP contribution is -2.43. The van der Waals surface area contributed by atoms with Crippen molar-refractivity contribution in [1.29, 1.82) is 0 Å². The van der Waals surface area contributed by atoms with E-state index in [9.17, 15) is 0 Å². The third-order valence-corrected chi connectivity index (χ3v) is 4.49. The highest BCUT2D eigenvalue weighted by Gasteiger charge is 2.34. The van der Waals surface area contributed by atoms with Crippen LogP contribution < -0.4 is 10.1 Å². The molecule has 1 aliphatic rings. The second kappa shape index (κ2) is 6.64. The molecular formula is C19H20N4O2. The highest BCUT2D eigenvalue weighted by atomic mass is 16.5. The summed E-state index contributed by atoms with van der Waals surface area (Å²) in [5, 5.41) is 7.65. The first-order valence-corrected chi connectivity index (χ1v) is 8.52. The van der Waals surface area contributed by atoms with Crippen molar-refractivity contribution in [3.8, 4) is 23.0 Å². The second-order valence-electron chi connectivity index (χ2n) is 6.41. The van der Waals surface area contributed by atoms with Crippen molar-refractivity contribution in [2.24, 2.45) is 0 Å². The summed E-state index contributed by atoms with van der Waals surface area (Å²) < 4.78 is 11.5. The Morgan fingerprint density at radius 3 is 2.80 bits per heavy atom. The summed E-state index contributed by atoms with van der Waals surface area (Å²) in [6.45, 7) is 3.07. The molecule has 0 radical (unpaired) electrons. The van der Waals surface area contributed by atoms with Gasteiger partial charge in [0.25, 0.3) is 0 Å². The highest BCUT2D eigenvalue weighted by molar-refractivity contribution is 5.61. The molecule has 1 N–H and O–H groups in total. The predicted molar refractivity (Wildman–Crippen MR) is 93.3 cm³/mol. The van der Waals surface area contributed by atoms with Crippen molar-refractivity contribution in [2.75, 3.05) is 6.54 Å². The van der Waals surface area contributed by atoms with Crippen LogP contribution in [0.1, 0.15) is 32.1 Å². The van der Waals surface area contributed by atoms with E-state index in [1.165, 1.54) is 6.42 Å². The lowest BCUT2D eigenvalue weighted by Gasteiger charge is -2.31. The Hall–Kier alpha value is -2.73. The number of piperidine rings is 1. The van der Waals surface area contributed by atoms with E-state index in [1.807, 2.05) is 42.5 Å². The summed E-state index contributed by atoms with van der Waals surface area (Å²) in [6, 6.07) is 13.3. The molecule has 1 atom stereocenters. The number of pyridine rings is 1. The molecule has 1 aromatic carbocycles. The molecule has 0 aliphatic carbocycles. The van der Waals surface area contributed by atoms with Crippen LogP contribution in [0.4, 0.5) is 0 Å². The molecule has 0 amide bonds. The molecule has 0 saturated carbocycles. The molecular weight excluding hydrogens is 316 g/mol. The van der Waals surface area contributed by atoms with Crippen molar-refractivity contribution in [2.45, 2.75) is 31.7 Å². The van der Waals surface area contributed by atoms with Crippen molar-refractivity contribution in [1.82, 2.24) is 20.4 Å². The minimum absolute atomic E-state index is 0.272. The fourth-order valence-electron chi connectivity index (χ4n) is 3.04. The zero-order chi connectivity index (χ0) is 17.1. The van der Waals surface area contributed by atoms with Gasteiger partial charge in [0.15, 0.2) is 0 Å². The fourth-order valence-corrected chi connectivity index (χ4v) is 3.04. The second-order valence-corrected chi connectivity index (χ2v) is 6.41. The van der Waals surface area contributed by atoms with Crippen LogP contribution in [0.5, 0.6) is 11.6 Å². The van der Waals surface area contributed by atoms with Crippen LogP contribution >= 0.6 is 0 Å². The maximum Gasteiger partial charge on any atom is 0.246 e. The fraction of sp³-hybridized carbons (Fsp3) is 0.316. The Morgan fingerprint density at radius 2 is 2.00 bits per heavy atom. The number of hydrogen-bond acceptors (Lipinski definition) is 6. The summed E-state index contributed by atoms with van der Waals surface area (Å²) in [5.74, 6) is 2.27. The van der Waals surface area contributed by atoms with Gasteiger partial charge < -0.3 is 14.6 Å². The van der Waals surface area contributed by atoms with Gasteiger partial charge in [-0.25, -0.2) is 4.98 Å². The maximum absolute atomic E-state index is 5.90. The first-order valence-electron chi connectivity index (χ1n) is 8.52. The average Bonchev–Trinajstić information content (AvgIpc) is 3.15. The van der Waals surface area contributed by atoms with Gasteiger partial charge in [0.05, 0.1) is 11.1 Å². The largest absolute Gasteiger partial charge is 0.438 e. The summed E-state index contributed by atoms with van der Waals surface area (Å²) in [5.41, 5.74) is 0.437. The SMILES string of the molecule is CC1(c2nc(-c3cccnc3Oc3ccccc3)no2)CCCCN1. The van der Waals surface area contributed by atoms with E-state index >= 15 is 0 Å². The van der Waals surface area contributed by atoms with E-state index in [-0.39, 0.29) is 5.54 Å². The van der Waals surface area contributed by atoms with E-state index < -0.39 is 0 Å². The van der Waals surface area contributed by atoms with Crippen molar-refractivity contribution >= 4 is 0 Å². The maximum atomic E-state index is 5.90. The van der Waals surface area contributed by atoms with Gasteiger partial charge in [-0.1, -0.05) is 23.4 Å². The number of nitrogens with zero attached hydrogens (tertiary/aromatic N) is 3. The zero-order valence-electron chi connectivity index (χ0n) is 14.1. The average molecular weight is 336 g/mol. The standard InChI is InChI=1S/C19H20N4O2/c1-19(11-5-6-13-21-19)18-22-16(23-25-18)15-10-7-12-20-17(15)24-14-8-3-2-4-9-14/h2-4,7-10,12,21H,5-6,11,13H2,1H3.